The van der Waals surface area contributed by atoms with Crippen molar-refractivity contribution >= 4 is 58.2 Å². The number of hydrogen-bond donors (Lipinski definition) is 1. The Morgan fingerprint density at radius 3 is 2.54 bits per heavy atom. The second-order valence-corrected chi connectivity index (χ2v) is 8.69. The van der Waals surface area contributed by atoms with Gasteiger partial charge in [0.05, 0.1) is 31.7 Å². The van der Waals surface area contributed by atoms with Crippen LogP contribution in [0.3, 0.4) is 0 Å². The van der Waals surface area contributed by atoms with Crippen LogP contribution in [0, 0.1) is 13.8 Å². The number of hydrogen-bond acceptors (Lipinski definition) is 5. The number of rotatable bonds is 5. The Bertz CT molecular complexity index is 1040. The number of aryl methyl sites for hydroxylation is 2. The third-order valence-corrected chi connectivity index (χ3v) is 6.01. The zero-order chi connectivity index (χ0) is 20.4. The first-order chi connectivity index (χ1) is 13.3. The van der Waals surface area contributed by atoms with Crippen LogP contribution >= 0.6 is 46.6 Å². The molecule has 0 aliphatic carbocycles. The Hall–Kier alpha value is -1.80. The van der Waals surface area contributed by atoms with Gasteiger partial charge in [0.15, 0.2) is 0 Å². The van der Waals surface area contributed by atoms with Crippen LogP contribution in [-0.2, 0) is 4.79 Å². The molecule has 0 aliphatic rings. The summed E-state index contributed by atoms with van der Waals surface area (Å²) in [4.78, 5) is 12.6. The first kappa shape index (κ1) is 20.9. The highest BCUT2D eigenvalue weighted by molar-refractivity contribution is 8.00. The van der Waals surface area contributed by atoms with Crippen molar-refractivity contribution in [2.24, 2.45) is 0 Å². The summed E-state index contributed by atoms with van der Waals surface area (Å²) in [5.74, 6) is -0.263. The van der Waals surface area contributed by atoms with Gasteiger partial charge in [-0.15, -0.1) is 5.10 Å². The Morgan fingerprint density at radius 2 is 1.82 bits per heavy atom. The summed E-state index contributed by atoms with van der Waals surface area (Å²) in [6.07, 6.45) is 0. The molecule has 2 aromatic carbocycles. The van der Waals surface area contributed by atoms with Crippen LogP contribution in [0.25, 0.3) is 5.69 Å². The van der Waals surface area contributed by atoms with E-state index in [1.165, 1.54) is 23.9 Å². The Labute approximate surface area is 181 Å². The molecular weight excluding hydrogens is 441 g/mol. The number of thioether (sulfide) groups is 1. The van der Waals surface area contributed by atoms with Crippen molar-refractivity contribution in [2.75, 3.05) is 5.32 Å². The monoisotopic (exact) mass is 455 g/mol. The number of benzene rings is 2. The second-order valence-electron chi connectivity index (χ2n) is 6.16. The van der Waals surface area contributed by atoms with E-state index in [1.54, 1.807) is 11.6 Å². The summed E-state index contributed by atoms with van der Waals surface area (Å²) in [6, 6.07) is 8.99. The molecule has 0 aliphatic heterocycles. The molecule has 0 saturated carbocycles. The third kappa shape index (κ3) is 4.60. The smallest absolute Gasteiger partial charge is 0.237 e. The maximum atomic E-state index is 12.6. The molecule has 1 atom stereocenters. The molecule has 1 N–H and O–H groups in total. The van der Waals surface area contributed by atoms with E-state index in [2.05, 4.69) is 20.8 Å². The van der Waals surface area contributed by atoms with Crippen molar-refractivity contribution in [3.05, 3.63) is 56.5 Å². The Kier molecular flexibility index (Phi) is 6.50. The van der Waals surface area contributed by atoms with E-state index in [4.69, 9.17) is 34.8 Å². The molecule has 0 radical (unpaired) electrons. The van der Waals surface area contributed by atoms with Crippen molar-refractivity contribution in [1.29, 1.82) is 0 Å². The molecule has 3 rings (SSSR count). The molecule has 1 aromatic heterocycles. The molecular formula is C18H16Cl3N5OS. The average molecular weight is 457 g/mol. The lowest BCUT2D eigenvalue weighted by Crippen LogP contribution is -2.23. The number of tetrazole rings is 1. The SMILES string of the molecule is Cc1ccc(-n2nnnc2SC(C)C(=O)Nc2cc(Cl)c(Cl)cc2Cl)c(C)c1. The first-order valence-corrected chi connectivity index (χ1v) is 10.3. The molecule has 1 amide bonds. The van der Waals surface area contributed by atoms with E-state index in [0.717, 1.165) is 16.8 Å². The van der Waals surface area contributed by atoms with Gasteiger partial charge >= 0.3 is 0 Å². The number of nitrogens with one attached hydrogen (secondary N) is 1. The minimum atomic E-state index is -0.485. The summed E-state index contributed by atoms with van der Waals surface area (Å²) in [5.41, 5.74) is 3.43. The van der Waals surface area contributed by atoms with Gasteiger partial charge in [-0.1, -0.05) is 64.3 Å². The summed E-state index contributed by atoms with van der Waals surface area (Å²) in [7, 11) is 0. The van der Waals surface area contributed by atoms with E-state index in [9.17, 15) is 4.79 Å². The fourth-order valence-corrected chi connectivity index (χ4v) is 3.91. The first-order valence-electron chi connectivity index (χ1n) is 8.24. The largest absolute Gasteiger partial charge is 0.324 e. The van der Waals surface area contributed by atoms with Crippen molar-refractivity contribution in [3.8, 4) is 5.69 Å². The number of halogens is 3. The third-order valence-electron chi connectivity index (χ3n) is 3.94. The molecule has 0 bridgehead atoms. The van der Waals surface area contributed by atoms with Crippen LogP contribution in [0.4, 0.5) is 5.69 Å². The highest BCUT2D eigenvalue weighted by Gasteiger charge is 2.21. The fraction of sp³-hybridized carbons (Fsp3) is 0.222. The Morgan fingerprint density at radius 1 is 1.11 bits per heavy atom. The van der Waals surface area contributed by atoms with Gasteiger partial charge < -0.3 is 5.32 Å². The van der Waals surface area contributed by atoms with Gasteiger partial charge in [-0.2, -0.15) is 4.68 Å². The highest BCUT2D eigenvalue weighted by atomic mass is 35.5. The molecule has 10 heteroatoms. The number of amides is 1. The molecule has 0 spiro atoms. The molecule has 6 nitrogen and oxygen atoms in total. The van der Waals surface area contributed by atoms with Gasteiger partial charge in [0.1, 0.15) is 0 Å². The van der Waals surface area contributed by atoms with Crippen LogP contribution in [-0.4, -0.2) is 31.4 Å². The lowest BCUT2D eigenvalue weighted by Gasteiger charge is -2.14. The number of nitrogens with zero attached hydrogens (tertiary/aromatic N) is 4. The molecule has 1 heterocycles. The summed E-state index contributed by atoms with van der Waals surface area (Å²) >= 11 is 19.3. The van der Waals surface area contributed by atoms with Gasteiger partial charge in [0.25, 0.3) is 0 Å². The van der Waals surface area contributed by atoms with E-state index >= 15 is 0 Å². The molecule has 28 heavy (non-hydrogen) atoms. The maximum absolute atomic E-state index is 12.6. The normalized spacial score (nSPS) is 12.1. The predicted molar refractivity (Wildman–Crippen MR) is 114 cm³/mol. The summed E-state index contributed by atoms with van der Waals surface area (Å²) < 4.78 is 1.62. The zero-order valence-electron chi connectivity index (χ0n) is 15.2. The lowest BCUT2D eigenvalue weighted by molar-refractivity contribution is -0.115. The Balaban J connectivity index is 1.77. The molecule has 146 valence electrons. The van der Waals surface area contributed by atoms with Crippen LogP contribution in [0.2, 0.25) is 15.1 Å². The van der Waals surface area contributed by atoms with Crippen molar-refractivity contribution in [3.63, 3.8) is 0 Å². The fourth-order valence-electron chi connectivity index (χ4n) is 2.51. The van der Waals surface area contributed by atoms with E-state index in [-0.39, 0.29) is 5.91 Å². The highest BCUT2D eigenvalue weighted by Crippen LogP contribution is 2.33. The van der Waals surface area contributed by atoms with Crippen LogP contribution in [0.15, 0.2) is 35.5 Å². The maximum Gasteiger partial charge on any atom is 0.237 e. The molecule has 3 aromatic rings. The number of carbonyl (C=O) groups excluding carboxylic acids is 1. The van der Waals surface area contributed by atoms with Crippen molar-refractivity contribution in [2.45, 2.75) is 31.2 Å². The molecule has 0 saturated heterocycles. The quantitative estimate of drug-likeness (QED) is 0.413. The molecule has 0 fully saturated rings. The summed E-state index contributed by atoms with van der Waals surface area (Å²) in [6.45, 7) is 5.76. The number of aromatic nitrogens is 4. The van der Waals surface area contributed by atoms with Crippen molar-refractivity contribution < 1.29 is 4.79 Å². The molecule has 1 unspecified atom stereocenters. The lowest BCUT2D eigenvalue weighted by atomic mass is 10.1. The minimum absolute atomic E-state index is 0.263. The van der Waals surface area contributed by atoms with Gasteiger partial charge in [-0.3, -0.25) is 4.79 Å². The van der Waals surface area contributed by atoms with Crippen LogP contribution in [0.1, 0.15) is 18.1 Å². The number of carbonyl (C=O) groups is 1. The summed E-state index contributed by atoms with van der Waals surface area (Å²) in [5, 5.41) is 15.6. The van der Waals surface area contributed by atoms with Crippen molar-refractivity contribution in [1.82, 2.24) is 20.2 Å². The van der Waals surface area contributed by atoms with Gasteiger partial charge in [0, 0.05) is 0 Å². The topological polar surface area (TPSA) is 72.7 Å². The minimum Gasteiger partial charge on any atom is -0.324 e. The zero-order valence-corrected chi connectivity index (χ0v) is 18.3. The van der Waals surface area contributed by atoms with Crippen LogP contribution in [0.5, 0.6) is 0 Å². The van der Waals surface area contributed by atoms with Gasteiger partial charge in [-0.25, -0.2) is 0 Å². The van der Waals surface area contributed by atoms with Gasteiger partial charge in [0.2, 0.25) is 11.1 Å². The standard InChI is InChI=1S/C18H16Cl3N5OS/c1-9-4-5-16(10(2)6-9)26-18(23-24-25-26)28-11(3)17(27)22-15-8-13(20)12(19)7-14(15)21/h4-8,11H,1-3H3,(H,22,27). The van der Waals surface area contributed by atoms with E-state index < -0.39 is 5.25 Å². The van der Waals surface area contributed by atoms with Gasteiger partial charge in [-0.05, 0) is 55.0 Å². The number of anilines is 1. The van der Waals surface area contributed by atoms with Crippen LogP contribution < -0.4 is 5.32 Å². The van der Waals surface area contributed by atoms with E-state index in [1.807, 2.05) is 32.0 Å². The second kappa shape index (κ2) is 8.69. The predicted octanol–water partition coefficient (Wildman–Crippen LogP) is 5.36. The average Bonchev–Trinajstić information content (AvgIpc) is 3.07. The van der Waals surface area contributed by atoms with E-state index in [0.29, 0.717) is 25.9 Å².